The lowest BCUT2D eigenvalue weighted by Crippen LogP contribution is -2.06. The highest BCUT2D eigenvalue weighted by Gasteiger charge is 2.05. The molecule has 0 aliphatic heterocycles. The Labute approximate surface area is 109 Å². The number of benzene rings is 1. The number of pyridine rings is 1. The molecular weight excluding hydrogens is 255 g/mol. The Morgan fingerprint density at radius 3 is 2.67 bits per heavy atom. The number of nitrogens with one attached hydrogen (secondary N) is 1. The highest BCUT2D eigenvalue weighted by atomic mass is 35.5. The van der Waals surface area contributed by atoms with Crippen LogP contribution in [0.25, 0.3) is 11.1 Å². The van der Waals surface area contributed by atoms with Gasteiger partial charge in [-0.25, -0.2) is 9.37 Å². The summed E-state index contributed by atoms with van der Waals surface area (Å²) < 4.78 is 12.9. The number of aromatic nitrogens is 1. The number of halogens is 2. The van der Waals surface area contributed by atoms with E-state index in [1.807, 2.05) is 0 Å². The maximum Gasteiger partial charge on any atom is 0.222 e. The topological polar surface area (TPSA) is 42.0 Å². The predicted molar refractivity (Wildman–Crippen MR) is 68.9 cm³/mol. The Kier molecular flexibility index (Phi) is 3.58. The number of carbonyl (C=O) groups excluding carboxylic acids is 1. The molecule has 0 bridgehead atoms. The zero-order valence-electron chi connectivity index (χ0n) is 9.58. The highest BCUT2D eigenvalue weighted by molar-refractivity contribution is 6.33. The molecule has 0 aliphatic carbocycles. The quantitative estimate of drug-likeness (QED) is 0.902. The van der Waals surface area contributed by atoms with Gasteiger partial charge in [0.2, 0.25) is 5.91 Å². The van der Waals surface area contributed by atoms with E-state index in [1.165, 1.54) is 19.1 Å². The van der Waals surface area contributed by atoms with Crippen molar-refractivity contribution < 1.29 is 9.18 Å². The zero-order chi connectivity index (χ0) is 13.1. The third-order valence-corrected chi connectivity index (χ3v) is 2.62. The van der Waals surface area contributed by atoms with Gasteiger partial charge in [0, 0.05) is 24.2 Å². The summed E-state index contributed by atoms with van der Waals surface area (Å²) in [7, 11) is 0. The summed E-state index contributed by atoms with van der Waals surface area (Å²) in [5.41, 5.74) is 1.45. The maximum absolute atomic E-state index is 12.9. The van der Waals surface area contributed by atoms with Crippen LogP contribution in [-0.4, -0.2) is 10.9 Å². The lowest BCUT2D eigenvalue weighted by atomic mass is 10.1. The Balaban J connectivity index is 2.31. The number of nitrogens with zero attached hydrogens (tertiary/aromatic N) is 1. The summed E-state index contributed by atoms with van der Waals surface area (Å²) in [5, 5.41) is 2.89. The van der Waals surface area contributed by atoms with Gasteiger partial charge >= 0.3 is 0 Å². The van der Waals surface area contributed by atoms with E-state index in [0.717, 1.165) is 5.56 Å². The smallest absolute Gasteiger partial charge is 0.222 e. The molecule has 0 spiro atoms. The highest BCUT2D eigenvalue weighted by Crippen LogP contribution is 2.28. The van der Waals surface area contributed by atoms with Gasteiger partial charge in [-0.1, -0.05) is 11.6 Å². The SMILES string of the molecule is CC(=O)Nc1ccc(-c2ccc(F)cc2Cl)cn1. The van der Waals surface area contributed by atoms with Crippen LogP contribution in [-0.2, 0) is 4.79 Å². The van der Waals surface area contributed by atoms with Crippen molar-refractivity contribution in [3.05, 3.63) is 47.4 Å². The molecule has 0 saturated heterocycles. The summed E-state index contributed by atoms with van der Waals surface area (Å²) in [6.07, 6.45) is 1.57. The predicted octanol–water partition coefficient (Wildman–Crippen LogP) is 3.50. The fourth-order valence-electron chi connectivity index (χ4n) is 1.53. The van der Waals surface area contributed by atoms with Gasteiger partial charge in [-0.2, -0.15) is 0 Å². The third-order valence-electron chi connectivity index (χ3n) is 2.31. The van der Waals surface area contributed by atoms with Gasteiger partial charge in [0.25, 0.3) is 0 Å². The molecule has 1 amide bonds. The summed E-state index contributed by atoms with van der Waals surface area (Å²) in [4.78, 5) is 14.9. The molecule has 0 atom stereocenters. The van der Waals surface area contributed by atoms with Crippen LogP contribution in [0.5, 0.6) is 0 Å². The largest absolute Gasteiger partial charge is 0.311 e. The number of hydrogen-bond acceptors (Lipinski definition) is 2. The van der Waals surface area contributed by atoms with Gasteiger partial charge in [0.05, 0.1) is 5.02 Å². The van der Waals surface area contributed by atoms with E-state index in [-0.39, 0.29) is 11.7 Å². The number of amides is 1. The van der Waals surface area contributed by atoms with Gasteiger partial charge in [-0.05, 0) is 30.3 Å². The summed E-state index contributed by atoms with van der Waals surface area (Å²) in [6.45, 7) is 1.41. The van der Waals surface area contributed by atoms with E-state index < -0.39 is 0 Å². The molecule has 3 nitrogen and oxygen atoms in total. The molecule has 2 rings (SSSR count). The van der Waals surface area contributed by atoms with Crippen molar-refractivity contribution in [1.29, 1.82) is 0 Å². The van der Waals surface area contributed by atoms with Crippen LogP contribution >= 0.6 is 11.6 Å². The van der Waals surface area contributed by atoms with E-state index in [4.69, 9.17) is 11.6 Å². The van der Waals surface area contributed by atoms with Crippen molar-refractivity contribution in [2.24, 2.45) is 0 Å². The first-order valence-corrected chi connectivity index (χ1v) is 5.63. The lowest BCUT2D eigenvalue weighted by Gasteiger charge is -2.06. The van der Waals surface area contributed by atoms with Crippen molar-refractivity contribution in [3.8, 4) is 11.1 Å². The van der Waals surface area contributed by atoms with Crippen molar-refractivity contribution in [1.82, 2.24) is 4.98 Å². The molecule has 2 aromatic rings. The normalized spacial score (nSPS) is 10.2. The average Bonchev–Trinajstić information content (AvgIpc) is 2.30. The van der Waals surface area contributed by atoms with Crippen molar-refractivity contribution in [3.63, 3.8) is 0 Å². The molecule has 92 valence electrons. The van der Waals surface area contributed by atoms with Crippen molar-refractivity contribution >= 4 is 23.3 Å². The molecule has 1 aromatic carbocycles. The van der Waals surface area contributed by atoms with E-state index >= 15 is 0 Å². The van der Waals surface area contributed by atoms with Gasteiger partial charge in [0.1, 0.15) is 11.6 Å². The molecule has 0 fully saturated rings. The lowest BCUT2D eigenvalue weighted by molar-refractivity contribution is -0.114. The first-order chi connectivity index (χ1) is 8.56. The molecular formula is C13H10ClFN2O. The third kappa shape index (κ3) is 2.84. The summed E-state index contributed by atoms with van der Waals surface area (Å²) >= 11 is 5.95. The van der Waals surface area contributed by atoms with Crippen LogP contribution < -0.4 is 5.32 Å². The van der Waals surface area contributed by atoms with Gasteiger partial charge in [-0.3, -0.25) is 4.79 Å². The minimum Gasteiger partial charge on any atom is -0.311 e. The Morgan fingerprint density at radius 2 is 2.11 bits per heavy atom. The van der Waals surface area contributed by atoms with Gasteiger partial charge in [-0.15, -0.1) is 0 Å². The Hall–Kier alpha value is -1.94. The fourth-order valence-corrected chi connectivity index (χ4v) is 1.81. The van der Waals surface area contributed by atoms with Crippen LogP contribution in [0.4, 0.5) is 10.2 Å². The van der Waals surface area contributed by atoms with Crippen molar-refractivity contribution in [2.75, 3.05) is 5.32 Å². The van der Waals surface area contributed by atoms with Crippen LogP contribution in [0.2, 0.25) is 5.02 Å². The molecule has 1 heterocycles. The Morgan fingerprint density at radius 1 is 1.33 bits per heavy atom. The number of carbonyl (C=O) groups is 1. The second kappa shape index (κ2) is 5.14. The molecule has 18 heavy (non-hydrogen) atoms. The molecule has 0 unspecified atom stereocenters. The molecule has 5 heteroatoms. The summed E-state index contributed by atoms with van der Waals surface area (Å²) in [6, 6.07) is 7.60. The molecule has 0 aliphatic rings. The van der Waals surface area contributed by atoms with Gasteiger partial charge < -0.3 is 5.32 Å². The molecule has 1 aromatic heterocycles. The standard InChI is InChI=1S/C13H10ClFN2O/c1-8(18)17-13-5-2-9(7-16-13)11-4-3-10(15)6-12(11)14/h2-7H,1H3,(H,16,17,18). The maximum atomic E-state index is 12.9. The van der Waals surface area contributed by atoms with E-state index in [9.17, 15) is 9.18 Å². The minimum absolute atomic E-state index is 0.185. The van der Waals surface area contributed by atoms with Crippen molar-refractivity contribution in [2.45, 2.75) is 6.92 Å². The van der Waals surface area contributed by atoms with E-state index in [0.29, 0.717) is 16.4 Å². The minimum atomic E-state index is -0.383. The molecule has 1 N–H and O–H groups in total. The average molecular weight is 265 g/mol. The number of anilines is 1. The second-order valence-corrected chi connectivity index (χ2v) is 4.14. The van der Waals surface area contributed by atoms with Crippen LogP contribution in [0.1, 0.15) is 6.92 Å². The van der Waals surface area contributed by atoms with Crippen LogP contribution in [0.15, 0.2) is 36.5 Å². The van der Waals surface area contributed by atoms with E-state index in [2.05, 4.69) is 10.3 Å². The monoisotopic (exact) mass is 264 g/mol. The molecule has 0 radical (unpaired) electrons. The Bertz CT molecular complexity index is 584. The molecule has 0 saturated carbocycles. The summed E-state index contributed by atoms with van der Waals surface area (Å²) in [5.74, 6) is -0.105. The van der Waals surface area contributed by atoms with E-state index in [1.54, 1.807) is 24.4 Å². The zero-order valence-corrected chi connectivity index (χ0v) is 10.3. The number of hydrogen-bond donors (Lipinski definition) is 1. The first-order valence-electron chi connectivity index (χ1n) is 5.25. The second-order valence-electron chi connectivity index (χ2n) is 3.74. The van der Waals surface area contributed by atoms with Gasteiger partial charge in [0.15, 0.2) is 0 Å². The number of rotatable bonds is 2. The fraction of sp³-hybridized carbons (Fsp3) is 0.0769. The van der Waals surface area contributed by atoms with Crippen LogP contribution in [0, 0.1) is 5.82 Å². The van der Waals surface area contributed by atoms with Crippen LogP contribution in [0.3, 0.4) is 0 Å². The first kappa shape index (κ1) is 12.5.